The van der Waals surface area contributed by atoms with Crippen LogP contribution in [0.5, 0.6) is 11.5 Å². The summed E-state index contributed by atoms with van der Waals surface area (Å²) in [6.45, 7) is 11.2. The highest BCUT2D eigenvalue weighted by atomic mass is 16.5. The average Bonchev–Trinajstić information content (AvgIpc) is 2.47. The van der Waals surface area contributed by atoms with E-state index in [2.05, 4.69) is 24.0 Å². The Morgan fingerprint density at radius 1 is 1.35 bits per heavy atom. The standard InChI is InChI=1S/C17H25NO2/c1-4-19-17-10-14(15-6-5-9-18-11-15)7-8-16(17)20-12-13(2)3/h7-8,10,15,18H,2,4-6,9,11-12H2,1,3H3. The van der Waals surface area contributed by atoms with Crippen molar-refractivity contribution in [2.45, 2.75) is 32.6 Å². The average molecular weight is 275 g/mol. The Kier molecular flexibility index (Phi) is 5.48. The van der Waals surface area contributed by atoms with Crippen LogP contribution in [0.1, 0.15) is 38.2 Å². The monoisotopic (exact) mass is 275 g/mol. The van der Waals surface area contributed by atoms with Gasteiger partial charge < -0.3 is 14.8 Å². The van der Waals surface area contributed by atoms with Crippen LogP contribution in [0.25, 0.3) is 0 Å². The van der Waals surface area contributed by atoms with Gasteiger partial charge in [0.25, 0.3) is 0 Å². The highest BCUT2D eigenvalue weighted by Gasteiger charge is 2.17. The molecule has 0 radical (unpaired) electrons. The summed E-state index contributed by atoms with van der Waals surface area (Å²) in [5.41, 5.74) is 2.34. The molecule has 1 heterocycles. The summed E-state index contributed by atoms with van der Waals surface area (Å²) in [6, 6.07) is 6.32. The van der Waals surface area contributed by atoms with Gasteiger partial charge >= 0.3 is 0 Å². The molecule has 3 nitrogen and oxygen atoms in total. The van der Waals surface area contributed by atoms with E-state index in [1.807, 2.05) is 19.9 Å². The van der Waals surface area contributed by atoms with Crippen molar-refractivity contribution >= 4 is 0 Å². The van der Waals surface area contributed by atoms with E-state index in [9.17, 15) is 0 Å². The van der Waals surface area contributed by atoms with Crippen LogP contribution in [0.4, 0.5) is 0 Å². The molecule has 1 fully saturated rings. The summed E-state index contributed by atoms with van der Waals surface area (Å²) in [7, 11) is 0. The molecular weight excluding hydrogens is 250 g/mol. The number of ether oxygens (including phenoxy) is 2. The molecule has 0 aliphatic carbocycles. The summed E-state index contributed by atoms with van der Waals surface area (Å²) in [5, 5.41) is 3.46. The normalized spacial score (nSPS) is 18.6. The number of hydrogen-bond donors (Lipinski definition) is 1. The quantitative estimate of drug-likeness (QED) is 0.806. The molecule has 0 saturated carbocycles. The third-order valence-corrected chi connectivity index (χ3v) is 3.51. The lowest BCUT2D eigenvalue weighted by Crippen LogP contribution is -2.28. The van der Waals surface area contributed by atoms with Gasteiger partial charge in [0.2, 0.25) is 0 Å². The predicted molar refractivity (Wildman–Crippen MR) is 82.8 cm³/mol. The van der Waals surface area contributed by atoms with Crippen LogP contribution in [-0.2, 0) is 0 Å². The van der Waals surface area contributed by atoms with Crippen molar-refractivity contribution in [1.82, 2.24) is 5.32 Å². The zero-order chi connectivity index (χ0) is 14.4. The number of rotatable bonds is 6. The predicted octanol–water partition coefficient (Wildman–Crippen LogP) is 3.51. The van der Waals surface area contributed by atoms with Gasteiger partial charge in [-0.15, -0.1) is 0 Å². The fraction of sp³-hybridized carbons (Fsp3) is 0.529. The highest BCUT2D eigenvalue weighted by molar-refractivity contribution is 5.44. The first-order valence-corrected chi connectivity index (χ1v) is 7.45. The minimum atomic E-state index is 0.532. The maximum atomic E-state index is 5.75. The first-order valence-electron chi connectivity index (χ1n) is 7.45. The molecule has 1 N–H and O–H groups in total. The third kappa shape index (κ3) is 4.01. The van der Waals surface area contributed by atoms with Crippen molar-refractivity contribution in [3.8, 4) is 11.5 Å². The molecule has 1 aliphatic heterocycles. The molecule has 0 spiro atoms. The first kappa shape index (κ1) is 14.9. The summed E-state index contributed by atoms with van der Waals surface area (Å²) in [5.74, 6) is 2.23. The molecule has 110 valence electrons. The second kappa shape index (κ2) is 7.34. The molecule has 20 heavy (non-hydrogen) atoms. The lowest BCUT2D eigenvalue weighted by atomic mass is 9.91. The fourth-order valence-electron chi connectivity index (χ4n) is 2.50. The Morgan fingerprint density at radius 3 is 2.85 bits per heavy atom. The Morgan fingerprint density at radius 2 is 2.20 bits per heavy atom. The molecule has 0 amide bonds. The van der Waals surface area contributed by atoms with Crippen molar-refractivity contribution < 1.29 is 9.47 Å². The van der Waals surface area contributed by atoms with Crippen LogP contribution in [-0.4, -0.2) is 26.3 Å². The van der Waals surface area contributed by atoms with Crippen molar-refractivity contribution in [3.63, 3.8) is 0 Å². The van der Waals surface area contributed by atoms with Gasteiger partial charge in [0, 0.05) is 6.54 Å². The summed E-state index contributed by atoms with van der Waals surface area (Å²) in [6.07, 6.45) is 2.48. The van der Waals surface area contributed by atoms with Crippen LogP contribution < -0.4 is 14.8 Å². The second-order valence-corrected chi connectivity index (χ2v) is 5.43. The fourth-order valence-corrected chi connectivity index (χ4v) is 2.50. The number of piperidine rings is 1. The Hall–Kier alpha value is -1.48. The van der Waals surface area contributed by atoms with Crippen molar-refractivity contribution in [3.05, 3.63) is 35.9 Å². The van der Waals surface area contributed by atoms with Crippen LogP contribution in [0.2, 0.25) is 0 Å². The Bertz CT molecular complexity index is 450. The van der Waals surface area contributed by atoms with Gasteiger partial charge in [-0.1, -0.05) is 12.6 Å². The highest BCUT2D eigenvalue weighted by Crippen LogP contribution is 2.33. The number of nitrogens with one attached hydrogen (secondary N) is 1. The van der Waals surface area contributed by atoms with Crippen molar-refractivity contribution in [2.75, 3.05) is 26.3 Å². The topological polar surface area (TPSA) is 30.5 Å². The first-order chi connectivity index (χ1) is 9.70. The lowest BCUT2D eigenvalue weighted by molar-refractivity contribution is 0.292. The van der Waals surface area contributed by atoms with E-state index in [-0.39, 0.29) is 0 Å². The summed E-state index contributed by atoms with van der Waals surface area (Å²) < 4.78 is 11.5. The van der Waals surface area contributed by atoms with E-state index in [4.69, 9.17) is 9.47 Å². The van der Waals surface area contributed by atoms with Crippen LogP contribution in [0.15, 0.2) is 30.4 Å². The van der Waals surface area contributed by atoms with E-state index in [0.29, 0.717) is 19.1 Å². The second-order valence-electron chi connectivity index (χ2n) is 5.43. The smallest absolute Gasteiger partial charge is 0.161 e. The molecular formula is C17H25NO2. The molecule has 2 rings (SSSR count). The molecule has 1 atom stereocenters. The van der Waals surface area contributed by atoms with E-state index in [0.717, 1.165) is 30.2 Å². The van der Waals surface area contributed by atoms with E-state index < -0.39 is 0 Å². The van der Waals surface area contributed by atoms with Crippen LogP contribution >= 0.6 is 0 Å². The molecule has 1 saturated heterocycles. The van der Waals surface area contributed by atoms with Crippen LogP contribution in [0, 0.1) is 0 Å². The maximum Gasteiger partial charge on any atom is 0.161 e. The molecule has 1 aromatic carbocycles. The van der Waals surface area contributed by atoms with Gasteiger partial charge in [-0.3, -0.25) is 0 Å². The number of hydrogen-bond acceptors (Lipinski definition) is 3. The Labute approximate surface area is 122 Å². The van der Waals surface area contributed by atoms with Gasteiger partial charge in [-0.25, -0.2) is 0 Å². The summed E-state index contributed by atoms with van der Waals surface area (Å²) >= 11 is 0. The van der Waals surface area contributed by atoms with Gasteiger partial charge in [0.1, 0.15) is 6.61 Å². The minimum Gasteiger partial charge on any atom is -0.490 e. The molecule has 3 heteroatoms. The van der Waals surface area contributed by atoms with Gasteiger partial charge in [0.15, 0.2) is 11.5 Å². The van der Waals surface area contributed by atoms with E-state index in [1.54, 1.807) is 0 Å². The van der Waals surface area contributed by atoms with E-state index >= 15 is 0 Å². The Balaban J connectivity index is 2.14. The SMILES string of the molecule is C=C(C)COc1ccc(C2CCCNC2)cc1OCC. The maximum absolute atomic E-state index is 5.75. The zero-order valence-electron chi connectivity index (χ0n) is 12.6. The lowest BCUT2D eigenvalue weighted by Gasteiger charge is -2.24. The largest absolute Gasteiger partial charge is 0.490 e. The van der Waals surface area contributed by atoms with Crippen molar-refractivity contribution in [1.29, 1.82) is 0 Å². The minimum absolute atomic E-state index is 0.532. The molecule has 1 unspecified atom stereocenters. The van der Waals surface area contributed by atoms with Crippen LogP contribution in [0.3, 0.4) is 0 Å². The van der Waals surface area contributed by atoms with Gasteiger partial charge in [0.05, 0.1) is 6.61 Å². The van der Waals surface area contributed by atoms with Gasteiger partial charge in [-0.05, 0) is 62.4 Å². The summed E-state index contributed by atoms with van der Waals surface area (Å²) in [4.78, 5) is 0. The molecule has 1 aromatic rings. The molecule has 0 bridgehead atoms. The van der Waals surface area contributed by atoms with Crippen molar-refractivity contribution in [2.24, 2.45) is 0 Å². The molecule has 1 aliphatic rings. The third-order valence-electron chi connectivity index (χ3n) is 3.51. The molecule has 0 aromatic heterocycles. The van der Waals surface area contributed by atoms with E-state index in [1.165, 1.54) is 18.4 Å². The van der Waals surface area contributed by atoms with Gasteiger partial charge in [-0.2, -0.15) is 0 Å². The number of benzene rings is 1. The zero-order valence-corrected chi connectivity index (χ0v) is 12.6.